The van der Waals surface area contributed by atoms with E-state index in [-0.39, 0.29) is 11.8 Å². The van der Waals surface area contributed by atoms with Crippen LogP contribution in [0.3, 0.4) is 0 Å². The molecule has 0 aromatic heterocycles. The lowest BCUT2D eigenvalue weighted by atomic mass is 10.1. The van der Waals surface area contributed by atoms with Gasteiger partial charge in [0.2, 0.25) is 0 Å². The van der Waals surface area contributed by atoms with E-state index in [4.69, 9.17) is 10.00 Å². The van der Waals surface area contributed by atoms with Crippen LogP contribution < -0.4 is 15.4 Å². The molecule has 0 aliphatic carbocycles. The molecule has 6 heteroatoms. The van der Waals surface area contributed by atoms with Crippen LogP contribution in [0.2, 0.25) is 0 Å². The van der Waals surface area contributed by atoms with Gasteiger partial charge in [-0.25, -0.2) is 0 Å². The average Bonchev–Trinajstić information content (AvgIpc) is 2.80. The Morgan fingerprint density at radius 3 is 2.03 bits per heavy atom. The Bertz CT molecular complexity index is 1050. The standard InChI is InChI=1S/C24H21N3O3/c1-30-22-12-4-17(5-13-22)14-15-26-23(28)19-6-8-20(9-7-19)24(29)27-21-10-2-18(16-25)3-11-21/h2-13H,14-15H2,1H3,(H,26,28)(H,27,29). The van der Waals surface area contributed by atoms with Gasteiger partial charge in [-0.05, 0) is 72.6 Å². The Morgan fingerprint density at radius 2 is 1.47 bits per heavy atom. The lowest BCUT2D eigenvalue weighted by molar-refractivity contribution is 0.0952. The van der Waals surface area contributed by atoms with Crippen molar-refractivity contribution in [1.82, 2.24) is 5.32 Å². The number of carbonyl (C=O) groups is 2. The van der Waals surface area contributed by atoms with E-state index < -0.39 is 0 Å². The highest BCUT2D eigenvalue weighted by Gasteiger charge is 2.09. The van der Waals surface area contributed by atoms with Gasteiger partial charge in [-0.2, -0.15) is 5.26 Å². The second-order valence-electron chi connectivity index (χ2n) is 6.57. The summed E-state index contributed by atoms with van der Waals surface area (Å²) in [5.41, 5.74) is 3.15. The lowest BCUT2D eigenvalue weighted by Crippen LogP contribution is -2.25. The molecular formula is C24H21N3O3. The van der Waals surface area contributed by atoms with E-state index in [9.17, 15) is 9.59 Å². The van der Waals surface area contributed by atoms with Crippen LogP contribution >= 0.6 is 0 Å². The van der Waals surface area contributed by atoms with Crippen molar-refractivity contribution in [2.24, 2.45) is 0 Å². The Hall–Kier alpha value is -4.11. The van der Waals surface area contributed by atoms with Crippen LogP contribution in [0.15, 0.2) is 72.8 Å². The molecule has 0 fully saturated rings. The zero-order valence-corrected chi connectivity index (χ0v) is 16.5. The van der Waals surface area contributed by atoms with Crippen molar-refractivity contribution in [3.8, 4) is 11.8 Å². The van der Waals surface area contributed by atoms with Crippen LogP contribution in [0.1, 0.15) is 31.8 Å². The highest BCUT2D eigenvalue weighted by atomic mass is 16.5. The molecule has 2 amide bonds. The molecule has 2 N–H and O–H groups in total. The van der Waals surface area contributed by atoms with E-state index in [0.29, 0.717) is 35.3 Å². The van der Waals surface area contributed by atoms with Crippen molar-refractivity contribution in [2.45, 2.75) is 6.42 Å². The molecule has 150 valence electrons. The normalized spacial score (nSPS) is 10.0. The number of amides is 2. The van der Waals surface area contributed by atoms with Crippen LogP contribution in [0, 0.1) is 11.3 Å². The van der Waals surface area contributed by atoms with E-state index in [0.717, 1.165) is 11.3 Å². The van der Waals surface area contributed by atoms with E-state index in [1.165, 1.54) is 0 Å². The maximum absolute atomic E-state index is 12.3. The first-order chi connectivity index (χ1) is 14.6. The summed E-state index contributed by atoms with van der Waals surface area (Å²) < 4.78 is 5.13. The third kappa shape index (κ3) is 5.46. The number of benzene rings is 3. The first-order valence-corrected chi connectivity index (χ1v) is 9.42. The average molecular weight is 399 g/mol. The van der Waals surface area contributed by atoms with Gasteiger partial charge in [-0.3, -0.25) is 9.59 Å². The van der Waals surface area contributed by atoms with Crippen molar-refractivity contribution in [1.29, 1.82) is 5.26 Å². The molecule has 3 aromatic rings. The minimum Gasteiger partial charge on any atom is -0.497 e. The highest BCUT2D eigenvalue weighted by Crippen LogP contribution is 2.13. The number of hydrogen-bond acceptors (Lipinski definition) is 4. The van der Waals surface area contributed by atoms with E-state index in [1.54, 1.807) is 55.6 Å². The molecule has 0 bridgehead atoms. The third-order valence-electron chi connectivity index (χ3n) is 4.54. The minimum atomic E-state index is -0.286. The Labute approximate surface area is 175 Å². The number of nitrogens with zero attached hydrogens (tertiary/aromatic N) is 1. The highest BCUT2D eigenvalue weighted by molar-refractivity contribution is 6.05. The van der Waals surface area contributed by atoms with Gasteiger partial charge in [0.15, 0.2) is 0 Å². The smallest absolute Gasteiger partial charge is 0.255 e. The molecule has 0 atom stereocenters. The fourth-order valence-corrected chi connectivity index (χ4v) is 2.82. The summed E-state index contributed by atoms with van der Waals surface area (Å²) in [6.45, 7) is 0.506. The third-order valence-corrected chi connectivity index (χ3v) is 4.54. The summed E-state index contributed by atoms with van der Waals surface area (Å²) >= 11 is 0. The van der Waals surface area contributed by atoms with Crippen molar-refractivity contribution >= 4 is 17.5 Å². The van der Waals surface area contributed by atoms with Gasteiger partial charge < -0.3 is 15.4 Å². The second-order valence-corrected chi connectivity index (χ2v) is 6.57. The van der Waals surface area contributed by atoms with Crippen LogP contribution in [0.4, 0.5) is 5.69 Å². The monoisotopic (exact) mass is 399 g/mol. The SMILES string of the molecule is COc1ccc(CCNC(=O)c2ccc(C(=O)Nc3ccc(C#N)cc3)cc2)cc1. The summed E-state index contributed by atoms with van der Waals surface area (Å²) in [5, 5.41) is 14.5. The van der Waals surface area contributed by atoms with Crippen molar-refractivity contribution in [2.75, 3.05) is 19.0 Å². The van der Waals surface area contributed by atoms with Crippen molar-refractivity contribution in [3.05, 3.63) is 95.1 Å². The molecule has 0 radical (unpaired) electrons. The van der Waals surface area contributed by atoms with Gasteiger partial charge in [-0.1, -0.05) is 12.1 Å². The first kappa shape index (κ1) is 20.6. The Kier molecular flexibility index (Phi) is 6.80. The molecule has 0 aliphatic heterocycles. The number of anilines is 1. The summed E-state index contributed by atoms with van der Waals surface area (Å²) in [6.07, 6.45) is 0.709. The number of methoxy groups -OCH3 is 1. The van der Waals surface area contributed by atoms with Gasteiger partial charge in [0, 0.05) is 23.4 Å². The molecule has 0 unspecified atom stereocenters. The molecule has 0 saturated carbocycles. The van der Waals surface area contributed by atoms with E-state index >= 15 is 0 Å². The van der Waals surface area contributed by atoms with E-state index in [2.05, 4.69) is 10.6 Å². The predicted octanol–water partition coefficient (Wildman–Crippen LogP) is 3.79. The van der Waals surface area contributed by atoms with Gasteiger partial charge in [0.25, 0.3) is 11.8 Å². The Balaban J connectivity index is 1.51. The van der Waals surface area contributed by atoms with Gasteiger partial charge in [0.05, 0.1) is 18.7 Å². The van der Waals surface area contributed by atoms with Gasteiger partial charge in [-0.15, -0.1) is 0 Å². The molecule has 6 nitrogen and oxygen atoms in total. The number of nitrogens with one attached hydrogen (secondary N) is 2. The summed E-state index contributed by atoms with van der Waals surface area (Å²) in [5.74, 6) is 0.319. The predicted molar refractivity (Wildman–Crippen MR) is 115 cm³/mol. The Morgan fingerprint density at radius 1 is 0.867 bits per heavy atom. The lowest BCUT2D eigenvalue weighted by Gasteiger charge is -2.08. The molecule has 0 spiro atoms. The molecule has 0 saturated heterocycles. The molecule has 0 aliphatic rings. The quantitative estimate of drug-likeness (QED) is 0.632. The van der Waals surface area contributed by atoms with Crippen LogP contribution in [0.5, 0.6) is 5.75 Å². The van der Waals surface area contributed by atoms with Crippen LogP contribution in [-0.4, -0.2) is 25.5 Å². The van der Waals surface area contributed by atoms with Crippen molar-refractivity contribution < 1.29 is 14.3 Å². The maximum Gasteiger partial charge on any atom is 0.255 e. The summed E-state index contributed by atoms with van der Waals surface area (Å²) in [6, 6.07) is 22.8. The maximum atomic E-state index is 12.3. The first-order valence-electron chi connectivity index (χ1n) is 9.42. The molecule has 3 aromatic carbocycles. The number of carbonyl (C=O) groups excluding carboxylic acids is 2. The largest absolute Gasteiger partial charge is 0.497 e. The zero-order chi connectivity index (χ0) is 21.3. The van der Waals surface area contributed by atoms with Crippen LogP contribution in [0.25, 0.3) is 0 Å². The molecule has 30 heavy (non-hydrogen) atoms. The number of rotatable bonds is 7. The fourth-order valence-electron chi connectivity index (χ4n) is 2.82. The number of hydrogen-bond donors (Lipinski definition) is 2. The number of ether oxygens (including phenoxy) is 1. The number of nitriles is 1. The minimum absolute atomic E-state index is 0.192. The van der Waals surface area contributed by atoms with Crippen molar-refractivity contribution in [3.63, 3.8) is 0 Å². The fraction of sp³-hybridized carbons (Fsp3) is 0.125. The second kappa shape index (κ2) is 9.89. The topological polar surface area (TPSA) is 91.2 Å². The summed E-state index contributed by atoms with van der Waals surface area (Å²) in [4.78, 5) is 24.6. The van der Waals surface area contributed by atoms with Crippen LogP contribution in [-0.2, 0) is 6.42 Å². The molecule has 0 heterocycles. The molecule has 3 rings (SSSR count). The zero-order valence-electron chi connectivity index (χ0n) is 16.5. The van der Waals surface area contributed by atoms with Gasteiger partial charge >= 0.3 is 0 Å². The van der Waals surface area contributed by atoms with Gasteiger partial charge in [0.1, 0.15) is 5.75 Å². The van der Waals surface area contributed by atoms with E-state index in [1.807, 2.05) is 30.3 Å². The molecular weight excluding hydrogens is 378 g/mol. The summed E-state index contributed by atoms with van der Waals surface area (Å²) in [7, 11) is 1.62.